The van der Waals surface area contributed by atoms with Crippen molar-refractivity contribution in [1.29, 1.82) is 0 Å². The number of ether oxygens (including phenoxy) is 1. The Morgan fingerprint density at radius 2 is 1.94 bits per heavy atom. The van der Waals surface area contributed by atoms with Crippen LogP contribution >= 0.6 is 0 Å². The van der Waals surface area contributed by atoms with E-state index in [1.807, 2.05) is 0 Å². The van der Waals surface area contributed by atoms with Crippen LogP contribution in [0.3, 0.4) is 0 Å². The van der Waals surface area contributed by atoms with Crippen molar-refractivity contribution < 1.29 is 22.3 Å². The first-order valence-corrected chi connectivity index (χ1v) is 11.8. The molecule has 1 heterocycles. The highest BCUT2D eigenvalue weighted by Crippen LogP contribution is 2.26. The number of methoxy groups -OCH3 is 1. The van der Waals surface area contributed by atoms with Gasteiger partial charge in [0.25, 0.3) is 5.91 Å². The van der Waals surface area contributed by atoms with Crippen molar-refractivity contribution in [3.05, 3.63) is 65.7 Å². The molecule has 3 aromatic rings. The molecule has 3 rings (SSSR count). The molecule has 1 unspecified atom stereocenters. The minimum atomic E-state index is -3.20. The van der Waals surface area contributed by atoms with Crippen molar-refractivity contribution in [2.45, 2.75) is 12.3 Å². The van der Waals surface area contributed by atoms with Gasteiger partial charge >= 0.3 is 0 Å². The lowest BCUT2D eigenvalue weighted by Crippen LogP contribution is -2.32. The fourth-order valence-electron chi connectivity index (χ4n) is 3.36. The molecule has 0 aliphatic heterocycles. The van der Waals surface area contributed by atoms with Gasteiger partial charge in [0.2, 0.25) is 0 Å². The number of hydrogen-bond donors (Lipinski definition) is 0. The summed E-state index contributed by atoms with van der Waals surface area (Å²) in [4.78, 5) is 14.8. The van der Waals surface area contributed by atoms with Gasteiger partial charge in [0.1, 0.15) is 27.7 Å². The van der Waals surface area contributed by atoms with Crippen LogP contribution in [0.15, 0.2) is 48.8 Å². The third-order valence-corrected chi connectivity index (χ3v) is 6.02. The lowest BCUT2D eigenvalue weighted by molar-refractivity contribution is 0.0782. The third-order valence-electron chi connectivity index (χ3n) is 5.05. The highest BCUT2D eigenvalue weighted by Gasteiger charge is 2.23. The number of hydrogen-bond acceptors (Lipinski definition) is 7. The fourth-order valence-corrected chi connectivity index (χ4v) is 4.07. The molecule has 0 radical (unpaired) electrons. The third kappa shape index (κ3) is 5.88. The number of carbonyl (C=O) groups is 1. The molecule has 1 amide bonds. The zero-order valence-corrected chi connectivity index (χ0v) is 18.8. The highest BCUT2D eigenvalue weighted by molar-refractivity contribution is 7.90. The second-order valence-electron chi connectivity index (χ2n) is 7.49. The van der Waals surface area contributed by atoms with Crippen LogP contribution in [0.1, 0.15) is 28.3 Å². The smallest absolute Gasteiger partial charge is 0.257 e. The van der Waals surface area contributed by atoms with Gasteiger partial charge in [-0.2, -0.15) is 0 Å². The summed E-state index contributed by atoms with van der Waals surface area (Å²) < 4.78 is 43.6. The quantitative estimate of drug-likeness (QED) is 0.480. The number of halogens is 1. The second-order valence-corrected chi connectivity index (χ2v) is 9.75. The van der Waals surface area contributed by atoms with Crippen LogP contribution < -0.4 is 4.74 Å². The Balaban J connectivity index is 1.86. The lowest BCUT2D eigenvalue weighted by Gasteiger charge is -2.25. The predicted octanol–water partition coefficient (Wildman–Crippen LogP) is 2.10. The topological polar surface area (TPSA) is 107 Å². The number of amides is 1. The molecule has 170 valence electrons. The maximum absolute atomic E-state index is 13.4. The predicted molar refractivity (Wildman–Crippen MR) is 116 cm³/mol. The summed E-state index contributed by atoms with van der Waals surface area (Å²) >= 11 is 0. The van der Waals surface area contributed by atoms with E-state index in [1.165, 1.54) is 41.4 Å². The number of sulfone groups is 1. The SMILES string of the molecule is COc1ccc(-n2cnnn2)cc1C(=O)N(C)CC(CCS(C)(=O)=O)c1ccc(F)cc1. The average molecular weight is 462 g/mol. The van der Waals surface area contributed by atoms with Gasteiger partial charge in [-0.05, 0) is 52.7 Å². The van der Waals surface area contributed by atoms with Gasteiger partial charge in [-0.3, -0.25) is 4.79 Å². The number of carbonyl (C=O) groups excluding carboxylic acids is 1. The summed E-state index contributed by atoms with van der Waals surface area (Å²) in [5.74, 6) is -0.664. The highest BCUT2D eigenvalue weighted by atomic mass is 32.2. The first-order chi connectivity index (χ1) is 15.2. The van der Waals surface area contributed by atoms with E-state index in [2.05, 4.69) is 15.5 Å². The van der Waals surface area contributed by atoms with Gasteiger partial charge in [0.15, 0.2) is 0 Å². The van der Waals surface area contributed by atoms with Gasteiger partial charge in [-0.15, -0.1) is 5.10 Å². The Hall–Kier alpha value is -3.34. The maximum atomic E-state index is 13.4. The van der Waals surface area contributed by atoms with Gasteiger partial charge < -0.3 is 9.64 Å². The number of tetrazole rings is 1. The van der Waals surface area contributed by atoms with Crippen molar-refractivity contribution in [3.63, 3.8) is 0 Å². The Kier molecular flexibility index (Phi) is 7.18. The Morgan fingerprint density at radius 3 is 2.53 bits per heavy atom. The molecule has 11 heteroatoms. The van der Waals surface area contributed by atoms with Crippen LogP contribution in [0.2, 0.25) is 0 Å². The number of aromatic nitrogens is 4. The van der Waals surface area contributed by atoms with Crippen molar-refractivity contribution in [2.75, 3.05) is 32.7 Å². The Labute approximate surface area is 185 Å². The maximum Gasteiger partial charge on any atom is 0.257 e. The van der Waals surface area contributed by atoms with Crippen LogP contribution in [-0.2, 0) is 9.84 Å². The fraction of sp³-hybridized carbons (Fsp3) is 0.333. The first-order valence-electron chi connectivity index (χ1n) is 9.78. The molecular formula is C21H24FN5O4S. The molecule has 0 saturated carbocycles. The van der Waals surface area contributed by atoms with Crippen molar-refractivity contribution in [3.8, 4) is 11.4 Å². The molecule has 0 bridgehead atoms. The molecule has 1 atom stereocenters. The molecule has 9 nitrogen and oxygen atoms in total. The molecule has 32 heavy (non-hydrogen) atoms. The molecule has 1 aromatic heterocycles. The largest absolute Gasteiger partial charge is 0.496 e. The average Bonchev–Trinajstić information content (AvgIpc) is 3.30. The van der Waals surface area contributed by atoms with E-state index in [1.54, 1.807) is 37.4 Å². The molecule has 0 N–H and O–H groups in total. The van der Waals surface area contributed by atoms with Crippen LogP contribution in [0.5, 0.6) is 5.75 Å². The minimum Gasteiger partial charge on any atom is -0.496 e. The number of likely N-dealkylation sites (N-methyl/N-ethyl adjacent to an activating group) is 1. The van der Waals surface area contributed by atoms with Crippen LogP contribution in [-0.4, -0.2) is 72.1 Å². The van der Waals surface area contributed by atoms with Crippen LogP contribution in [0.25, 0.3) is 5.69 Å². The standard InChI is InChI=1S/C21H24FN5O4S/c1-26(13-16(10-11-32(3,29)30)15-4-6-17(22)7-5-15)21(28)19-12-18(8-9-20(19)31-2)27-14-23-24-25-27/h4-9,12,14,16H,10-11,13H2,1-3H3. The Bertz CT molecular complexity index is 1170. The van der Waals surface area contributed by atoms with Crippen molar-refractivity contribution in [1.82, 2.24) is 25.1 Å². The van der Waals surface area contributed by atoms with Gasteiger partial charge in [-0.1, -0.05) is 12.1 Å². The summed E-state index contributed by atoms with van der Waals surface area (Å²) in [6, 6.07) is 10.9. The number of benzene rings is 2. The zero-order chi connectivity index (χ0) is 23.3. The molecular weight excluding hydrogens is 437 g/mol. The number of nitrogens with zero attached hydrogens (tertiary/aromatic N) is 5. The number of rotatable bonds is 9. The van der Waals surface area contributed by atoms with E-state index in [-0.39, 0.29) is 29.9 Å². The molecule has 0 aliphatic carbocycles. The van der Waals surface area contributed by atoms with Gasteiger partial charge in [-0.25, -0.2) is 17.5 Å². The minimum absolute atomic E-state index is 0.0464. The first kappa shape index (κ1) is 23.3. The lowest BCUT2D eigenvalue weighted by atomic mass is 9.95. The molecule has 0 aliphatic rings. The van der Waals surface area contributed by atoms with E-state index in [9.17, 15) is 17.6 Å². The summed E-state index contributed by atoms with van der Waals surface area (Å²) in [5, 5.41) is 11.0. The molecule has 0 saturated heterocycles. The van der Waals surface area contributed by atoms with E-state index < -0.39 is 9.84 Å². The van der Waals surface area contributed by atoms with E-state index in [4.69, 9.17) is 4.74 Å². The molecule has 0 spiro atoms. The summed E-state index contributed by atoms with van der Waals surface area (Å²) in [6.07, 6.45) is 2.87. The van der Waals surface area contributed by atoms with Crippen LogP contribution in [0, 0.1) is 5.82 Å². The summed E-state index contributed by atoms with van der Waals surface area (Å²) in [7, 11) is -0.108. The monoisotopic (exact) mass is 461 g/mol. The Morgan fingerprint density at radius 1 is 1.22 bits per heavy atom. The van der Waals surface area contributed by atoms with Crippen molar-refractivity contribution in [2.24, 2.45) is 0 Å². The van der Waals surface area contributed by atoms with E-state index in [0.717, 1.165) is 5.56 Å². The molecule has 2 aromatic carbocycles. The van der Waals surface area contributed by atoms with Crippen LogP contribution in [0.4, 0.5) is 4.39 Å². The normalized spacial score (nSPS) is 12.4. The summed E-state index contributed by atoms with van der Waals surface area (Å²) in [6.45, 7) is 0.234. The molecule has 0 fully saturated rings. The van der Waals surface area contributed by atoms with E-state index in [0.29, 0.717) is 23.4 Å². The van der Waals surface area contributed by atoms with E-state index >= 15 is 0 Å². The van der Waals surface area contributed by atoms with Gasteiger partial charge in [0.05, 0.1) is 24.1 Å². The second kappa shape index (κ2) is 9.86. The van der Waals surface area contributed by atoms with Crippen molar-refractivity contribution >= 4 is 15.7 Å². The van der Waals surface area contributed by atoms with Gasteiger partial charge in [0, 0.05) is 25.8 Å². The zero-order valence-electron chi connectivity index (χ0n) is 18.0. The summed E-state index contributed by atoms with van der Waals surface area (Å²) in [5.41, 5.74) is 1.65.